The second-order valence-corrected chi connectivity index (χ2v) is 5.91. The Kier molecular flexibility index (Phi) is 4.55. The molecule has 0 unspecified atom stereocenters. The number of benzene rings is 2. The lowest BCUT2D eigenvalue weighted by atomic mass is 9.79. The Bertz CT molecular complexity index is 840. The molecule has 0 saturated carbocycles. The summed E-state index contributed by atoms with van der Waals surface area (Å²) in [6.07, 6.45) is 0.0168. The molecule has 1 aliphatic rings. The molecule has 25 heavy (non-hydrogen) atoms. The zero-order valence-electron chi connectivity index (χ0n) is 13.8. The summed E-state index contributed by atoms with van der Waals surface area (Å²) < 4.78 is 4.77. The van der Waals surface area contributed by atoms with E-state index in [2.05, 4.69) is 11.4 Å². The third-order valence-electron chi connectivity index (χ3n) is 4.36. The maximum Gasteiger partial charge on any atom is 0.359 e. The first-order valence-corrected chi connectivity index (χ1v) is 7.92. The van der Waals surface area contributed by atoms with Crippen molar-refractivity contribution in [1.82, 2.24) is 5.32 Å². The molecule has 1 aliphatic heterocycles. The number of ether oxygens (including phenoxy) is 1. The topological polar surface area (TPSA) is 82.3 Å². The van der Waals surface area contributed by atoms with Gasteiger partial charge in [0.25, 0.3) is 0 Å². The summed E-state index contributed by atoms with van der Waals surface area (Å²) in [6, 6.07) is 20.8. The van der Waals surface area contributed by atoms with Crippen LogP contribution >= 0.6 is 0 Å². The third-order valence-corrected chi connectivity index (χ3v) is 4.36. The zero-order chi connectivity index (χ0) is 17.9. The Morgan fingerprint density at radius 3 is 2.36 bits per heavy atom. The molecule has 0 radical (unpaired) electrons. The number of aliphatic hydroxyl groups is 1. The highest BCUT2D eigenvalue weighted by Gasteiger charge is 2.46. The number of carbonyl (C=O) groups excluding carboxylic acids is 1. The average Bonchev–Trinajstić information content (AvgIpc) is 2.68. The van der Waals surface area contributed by atoms with Crippen molar-refractivity contribution in [3.05, 3.63) is 77.4 Å². The zero-order valence-corrected chi connectivity index (χ0v) is 13.8. The third kappa shape index (κ3) is 3.12. The van der Waals surface area contributed by atoms with Gasteiger partial charge in [0, 0.05) is 12.3 Å². The van der Waals surface area contributed by atoms with Crippen LogP contribution in [-0.4, -0.2) is 23.9 Å². The van der Waals surface area contributed by atoms with E-state index < -0.39 is 17.6 Å². The van der Waals surface area contributed by atoms with E-state index in [1.165, 1.54) is 7.11 Å². The molecule has 5 heteroatoms. The van der Waals surface area contributed by atoms with E-state index in [9.17, 15) is 15.2 Å². The van der Waals surface area contributed by atoms with Crippen LogP contribution in [0.4, 0.5) is 0 Å². The quantitative estimate of drug-likeness (QED) is 0.843. The van der Waals surface area contributed by atoms with Gasteiger partial charge in [-0.25, -0.2) is 4.79 Å². The lowest BCUT2D eigenvalue weighted by molar-refractivity contribution is -0.166. The van der Waals surface area contributed by atoms with Gasteiger partial charge >= 0.3 is 5.97 Å². The van der Waals surface area contributed by atoms with Gasteiger partial charge in [-0.1, -0.05) is 60.7 Å². The van der Waals surface area contributed by atoms with Gasteiger partial charge in [-0.3, -0.25) is 0 Å². The van der Waals surface area contributed by atoms with Crippen molar-refractivity contribution in [2.24, 2.45) is 0 Å². The number of esters is 1. The molecule has 1 heterocycles. The fourth-order valence-corrected chi connectivity index (χ4v) is 3.14. The lowest BCUT2D eigenvalue weighted by Gasteiger charge is -2.37. The number of nitrogens with one attached hydrogen (secondary N) is 1. The van der Waals surface area contributed by atoms with Crippen molar-refractivity contribution in [3.8, 4) is 6.07 Å². The van der Waals surface area contributed by atoms with Crippen LogP contribution in [0.15, 0.2) is 66.2 Å². The van der Waals surface area contributed by atoms with E-state index in [0.717, 1.165) is 11.1 Å². The molecule has 2 N–H and O–H groups in total. The first kappa shape index (κ1) is 16.7. The van der Waals surface area contributed by atoms with Crippen LogP contribution in [0.5, 0.6) is 0 Å². The molecule has 0 spiro atoms. The van der Waals surface area contributed by atoms with Crippen molar-refractivity contribution in [2.75, 3.05) is 7.11 Å². The molecule has 3 rings (SSSR count). The number of rotatable bonds is 3. The Balaban J connectivity index is 2.19. The molecular formula is C20H18N2O3. The van der Waals surface area contributed by atoms with Crippen LogP contribution in [0.25, 0.3) is 5.70 Å². The molecule has 0 fully saturated rings. The molecule has 2 aromatic rings. The van der Waals surface area contributed by atoms with E-state index in [4.69, 9.17) is 4.74 Å². The van der Waals surface area contributed by atoms with Gasteiger partial charge in [-0.05, 0) is 11.1 Å². The highest BCUT2D eigenvalue weighted by molar-refractivity contribution is 5.85. The fraction of sp³-hybridized carbons (Fsp3) is 0.200. The van der Waals surface area contributed by atoms with Gasteiger partial charge in [0.05, 0.1) is 24.4 Å². The van der Waals surface area contributed by atoms with Gasteiger partial charge in [-0.15, -0.1) is 0 Å². The molecule has 5 nitrogen and oxygen atoms in total. The summed E-state index contributed by atoms with van der Waals surface area (Å²) in [6.45, 7) is 0. The Hall–Kier alpha value is -3.10. The SMILES string of the molecule is COC(=O)[C@]1(O)C[C@H](c2ccccc2)C(C#N)=C(c2ccccc2)N1. The normalized spacial score (nSPS) is 22.7. The van der Waals surface area contributed by atoms with Crippen molar-refractivity contribution in [3.63, 3.8) is 0 Å². The van der Waals surface area contributed by atoms with Gasteiger partial charge in [-0.2, -0.15) is 5.26 Å². The number of hydrogen-bond acceptors (Lipinski definition) is 5. The Morgan fingerprint density at radius 2 is 1.80 bits per heavy atom. The molecule has 2 aromatic carbocycles. The van der Waals surface area contributed by atoms with E-state index >= 15 is 0 Å². The standard InChI is InChI=1S/C20H18N2O3/c1-25-19(23)20(24)12-16(14-8-4-2-5-9-14)17(13-21)18(22-20)15-10-6-3-7-11-15/h2-11,16,22,24H,12H2,1H3/t16-,20-/m1/s1. The van der Waals surface area contributed by atoms with E-state index in [0.29, 0.717) is 11.3 Å². The molecule has 0 bridgehead atoms. The first-order chi connectivity index (χ1) is 12.1. The fourth-order valence-electron chi connectivity index (χ4n) is 3.14. The maximum atomic E-state index is 12.2. The van der Waals surface area contributed by atoms with Crippen molar-refractivity contribution in [1.29, 1.82) is 5.26 Å². The van der Waals surface area contributed by atoms with E-state index in [1.807, 2.05) is 60.7 Å². The number of allylic oxidation sites excluding steroid dienone is 1. The second-order valence-electron chi connectivity index (χ2n) is 5.91. The van der Waals surface area contributed by atoms with Crippen LogP contribution in [-0.2, 0) is 9.53 Å². The highest BCUT2D eigenvalue weighted by atomic mass is 16.5. The molecule has 0 saturated heterocycles. The number of hydrogen-bond donors (Lipinski definition) is 2. The number of nitrogens with zero attached hydrogens (tertiary/aromatic N) is 1. The summed E-state index contributed by atoms with van der Waals surface area (Å²) >= 11 is 0. The minimum atomic E-state index is -1.90. The summed E-state index contributed by atoms with van der Waals surface area (Å²) in [5, 5.41) is 23.5. The molecule has 0 aromatic heterocycles. The van der Waals surface area contributed by atoms with Gasteiger partial charge < -0.3 is 15.2 Å². The van der Waals surface area contributed by atoms with Crippen LogP contribution in [0.2, 0.25) is 0 Å². The average molecular weight is 334 g/mol. The number of carbonyl (C=O) groups is 1. The molecular weight excluding hydrogens is 316 g/mol. The summed E-state index contributed by atoms with van der Waals surface area (Å²) in [7, 11) is 1.23. The Labute approximate surface area is 146 Å². The number of nitriles is 1. The van der Waals surface area contributed by atoms with Gasteiger partial charge in [0.2, 0.25) is 5.72 Å². The lowest BCUT2D eigenvalue weighted by Crippen LogP contribution is -2.55. The summed E-state index contributed by atoms with van der Waals surface area (Å²) in [5.41, 5.74) is 0.598. The van der Waals surface area contributed by atoms with Crippen molar-refractivity contribution in [2.45, 2.75) is 18.1 Å². The number of methoxy groups -OCH3 is 1. The second kappa shape index (κ2) is 6.80. The van der Waals surface area contributed by atoms with Crippen LogP contribution in [0.1, 0.15) is 23.5 Å². The molecule has 0 aliphatic carbocycles. The van der Waals surface area contributed by atoms with Crippen LogP contribution in [0, 0.1) is 11.3 Å². The maximum absolute atomic E-state index is 12.2. The van der Waals surface area contributed by atoms with Gasteiger partial charge in [0.15, 0.2) is 0 Å². The smallest absolute Gasteiger partial charge is 0.359 e. The largest absolute Gasteiger partial charge is 0.465 e. The monoisotopic (exact) mass is 334 g/mol. The molecule has 0 amide bonds. The van der Waals surface area contributed by atoms with Crippen LogP contribution < -0.4 is 5.32 Å². The predicted octanol–water partition coefficient (Wildman–Crippen LogP) is 2.56. The Morgan fingerprint density at radius 1 is 1.20 bits per heavy atom. The van der Waals surface area contributed by atoms with Crippen molar-refractivity contribution < 1.29 is 14.6 Å². The summed E-state index contributed by atoms with van der Waals surface area (Å²) in [5.74, 6) is -1.20. The van der Waals surface area contributed by atoms with E-state index in [-0.39, 0.29) is 6.42 Å². The minimum Gasteiger partial charge on any atom is -0.465 e. The highest BCUT2D eigenvalue weighted by Crippen LogP contribution is 2.40. The van der Waals surface area contributed by atoms with Crippen molar-refractivity contribution >= 4 is 11.7 Å². The molecule has 2 atom stereocenters. The van der Waals surface area contributed by atoms with Crippen LogP contribution in [0.3, 0.4) is 0 Å². The first-order valence-electron chi connectivity index (χ1n) is 7.92. The van der Waals surface area contributed by atoms with E-state index in [1.54, 1.807) is 0 Å². The predicted molar refractivity (Wildman–Crippen MR) is 92.9 cm³/mol. The molecule has 126 valence electrons. The summed E-state index contributed by atoms with van der Waals surface area (Å²) in [4.78, 5) is 12.2. The minimum absolute atomic E-state index is 0.0168. The van der Waals surface area contributed by atoms with Gasteiger partial charge in [0.1, 0.15) is 0 Å².